The molecule has 1 aliphatic rings. The van der Waals surface area contributed by atoms with Gasteiger partial charge < -0.3 is 19.9 Å². The van der Waals surface area contributed by atoms with Crippen LogP contribution in [0.4, 0.5) is 0 Å². The number of fused-ring (bicyclic) bond motifs is 1. The van der Waals surface area contributed by atoms with Gasteiger partial charge in [-0.15, -0.1) is 0 Å². The molecule has 1 aromatic heterocycles. The molecule has 3 aromatic rings. The molecule has 0 aliphatic carbocycles. The number of aliphatic hydroxyl groups is 2. The van der Waals surface area contributed by atoms with E-state index in [4.69, 9.17) is 26.5 Å². The van der Waals surface area contributed by atoms with Crippen LogP contribution in [-0.2, 0) is 17.9 Å². The SMILES string of the molecule is O=CO.OC[C@@H]1CN(Cc2nc3ccccc3n2Cc2ccccc2Cl)CC[C@@H]1O. The Balaban J connectivity index is 0.000000806. The minimum atomic E-state index is -0.423. The Kier molecular flexibility index (Phi) is 7.81. The number of carbonyl (C=O) groups is 1. The highest BCUT2D eigenvalue weighted by Crippen LogP contribution is 2.24. The van der Waals surface area contributed by atoms with E-state index in [9.17, 15) is 10.2 Å². The summed E-state index contributed by atoms with van der Waals surface area (Å²) in [7, 11) is 0. The van der Waals surface area contributed by atoms with E-state index in [-0.39, 0.29) is 19.0 Å². The largest absolute Gasteiger partial charge is 0.483 e. The Morgan fingerprint density at radius 2 is 1.83 bits per heavy atom. The monoisotopic (exact) mass is 431 g/mol. The molecule has 2 aromatic carbocycles. The first-order valence-electron chi connectivity index (χ1n) is 9.84. The lowest BCUT2D eigenvalue weighted by Crippen LogP contribution is -2.44. The summed E-state index contributed by atoms with van der Waals surface area (Å²) in [5.74, 6) is 0.879. The number of aromatic nitrogens is 2. The molecule has 2 heterocycles. The Morgan fingerprint density at radius 3 is 2.57 bits per heavy atom. The Hall–Kier alpha value is -2.45. The number of hydrogen-bond donors (Lipinski definition) is 3. The third kappa shape index (κ3) is 5.17. The fourth-order valence-electron chi connectivity index (χ4n) is 3.84. The van der Waals surface area contributed by atoms with Crippen LogP contribution in [0.1, 0.15) is 17.8 Å². The third-order valence-corrected chi connectivity index (χ3v) is 5.77. The van der Waals surface area contributed by atoms with Crippen LogP contribution in [0, 0.1) is 5.92 Å². The maximum atomic E-state index is 10.0. The van der Waals surface area contributed by atoms with Crippen LogP contribution < -0.4 is 0 Å². The molecule has 0 saturated carbocycles. The molecule has 3 N–H and O–H groups in total. The molecule has 0 spiro atoms. The molecule has 0 bridgehead atoms. The average molecular weight is 432 g/mol. The van der Waals surface area contributed by atoms with Crippen LogP contribution in [0.15, 0.2) is 48.5 Å². The van der Waals surface area contributed by atoms with Gasteiger partial charge in [0.15, 0.2) is 0 Å². The molecule has 0 amide bonds. The molecule has 0 unspecified atom stereocenters. The second-order valence-corrected chi connectivity index (χ2v) is 7.74. The number of rotatable bonds is 5. The molecular formula is C22H26ClN3O4. The second kappa shape index (κ2) is 10.5. The summed E-state index contributed by atoms with van der Waals surface area (Å²) in [5, 5.41) is 27.2. The van der Waals surface area contributed by atoms with Gasteiger partial charge in [0.25, 0.3) is 6.47 Å². The highest BCUT2D eigenvalue weighted by Gasteiger charge is 2.28. The van der Waals surface area contributed by atoms with Crippen molar-refractivity contribution in [3.8, 4) is 0 Å². The number of nitrogens with zero attached hydrogens (tertiary/aromatic N) is 3. The quantitative estimate of drug-likeness (QED) is 0.537. The number of piperidine rings is 1. The van der Waals surface area contributed by atoms with Gasteiger partial charge in [-0.05, 0) is 30.2 Å². The van der Waals surface area contributed by atoms with Crippen LogP contribution in [0.5, 0.6) is 0 Å². The van der Waals surface area contributed by atoms with Crippen molar-refractivity contribution in [2.75, 3.05) is 19.7 Å². The zero-order chi connectivity index (χ0) is 21.5. The van der Waals surface area contributed by atoms with E-state index in [1.165, 1.54) is 0 Å². The van der Waals surface area contributed by atoms with Gasteiger partial charge in [-0.25, -0.2) is 4.98 Å². The van der Waals surface area contributed by atoms with Crippen molar-refractivity contribution in [2.45, 2.75) is 25.6 Å². The first kappa shape index (κ1) is 22.2. The van der Waals surface area contributed by atoms with Crippen molar-refractivity contribution in [1.82, 2.24) is 14.5 Å². The van der Waals surface area contributed by atoms with E-state index in [2.05, 4.69) is 15.5 Å². The topological polar surface area (TPSA) is 98.8 Å². The number of benzene rings is 2. The van der Waals surface area contributed by atoms with E-state index in [0.717, 1.165) is 34.0 Å². The lowest BCUT2D eigenvalue weighted by Gasteiger charge is -2.35. The molecule has 2 atom stereocenters. The van der Waals surface area contributed by atoms with E-state index < -0.39 is 6.10 Å². The summed E-state index contributed by atoms with van der Waals surface area (Å²) in [4.78, 5) is 15.5. The molecule has 1 fully saturated rings. The predicted molar refractivity (Wildman–Crippen MR) is 115 cm³/mol. The van der Waals surface area contributed by atoms with Crippen LogP contribution in [0.25, 0.3) is 11.0 Å². The van der Waals surface area contributed by atoms with Crippen molar-refractivity contribution in [3.63, 3.8) is 0 Å². The molecule has 0 radical (unpaired) electrons. The van der Waals surface area contributed by atoms with Gasteiger partial charge in [0.1, 0.15) is 5.82 Å². The molecule has 1 aliphatic heterocycles. The van der Waals surface area contributed by atoms with Crippen molar-refractivity contribution < 1.29 is 20.1 Å². The number of para-hydroxylation sites is 2. The maximum Gasteiger partial charge on any atom is 0.290 e. The van der Waals surface area contributed by atoms with E-state index >= 15 is 0 Å². The molecule has 4 rings (SSSR count). The summed E-state index contributed by atoms with van der Waals surface area (Å²) >= 11 is 6.39. The maximum absolute atomic E-state index is 10.0. The number of hydrogen-bond acceptors (Lipinski definition) is 5. The van der Waals surface area contributed by atoms with Gasteiger partial charge in [0.05, 0.1) is 30.2 Å². The first-order valence-corrected chi connectivity index (χ1v) is 10.2. The summed E-state index contributed by atoms with van der Waals surface area (Å²) < 4.78 is 2.22. The van der Waals surface area contributed by atoms with Crippen LogP contribution >= 0.6 is 11.6 Å². The van der Waals surface area contributed by atoms with Crippen LogP contribution in [0.2, 0.25) is 5.02 Å². The molecular weight excluding hydrogens is 406 g/mol. The lowest BCUT2D eigenvalue weighted by molar-refractivity contribution is -0.122. The third-order valence-electron chi connectivity index (χ3n) is 5.40. The van der Waals surface area contributed by atoms with Crippen molar-refractivity contribution in [3.05, 3.63) is 64.9 Å². The van der Waals surface area contributed by atoms with Crippen LogP contribution in [0.3, 0.4) is 0 Å². The zero-order valence-corrected chi connectivity index (χ0v) is 17.3. The summed E-state index contributed by atoms with van der Waals surface area (Å²) in [6.45, 7) is 2.57. The second-order valence-electron chi connectivity index (χ2n) is 7.33. The Labute approximate surface area is 180 Å². The Morgan fingerprint density at radius 1 is 1.13 bits per heavy atom. The van der Waals surface area contributed by atoms with Gasteiger partial charge in [-0.1, -0.05) is 41.9 Å². The fourth-order valence-corrected chi connectivity index (χ4v) is 4.03. The number of imidazole rings is 1. The number of likely N-dealkylation sites (tertiary alicyclic amines) is 1. The average Bonchev–Trinajstić information content (AvgIpc) is 3.08. The normalized spacial score (nSPS) is 19.3. The Bertz CT molecular complexity index is 978. The van der Waals surface area contributed by atoms with Gasteiger partial charge in [0, 0.05) is 30.6 Å². The number of aliphatic hydroxyl groups excluding tert-OH is 2. The number of carboxylic acid groups (broad SMARTS) is 1. The van der Waals surface area contributed by atoms with E-state index in [0.29, 0.717) is 26.1 Å². The highest BCUT2D eigenvalue weighted by molar-refractivity contribution is 6.31. The highest BCUT2D eigenvalue weighted by atomic mass is 35.5. The number of halogens is 1. The smallest absolute Gasteiger partial charge is 0.290 e. The van der Waals surface area contributed by atoms with Crippen molar-refractivity contribution in [1.29, 1.82) is 0 Å². The first-order chi connectivity index (χ1) is 14.6. The predicted octanol–water partition coefficient (Wildman–Crippen LogP) is 2.61. The van der Waals surface area contributed by atoms with E-state index in [1.807, 2.05) is 42.5 Å². The molecule has 7 nitrogen and oxygen atoms in total. The minimum Gasteiger partial charge on any atom is -0.483 e. The van der Waals surface area contributed by atoms with Crippen molar-refractivity contribution >= 4 is 29.1 Å². The summed E-state index contributed by atoms with van der Waals surface area (Å²) in [6.07, 6.45) is 0.254. The standard InChI is InChI=1S/C21H24ClN3O2.CH2O2/c22-17-6-2-1-5-15(17)12-25-19-8-4-3-7-18(19)23-21(25)13-24-10-9-20(27)16(11-24)14-26;2-1-3/h1-8,16,20,26-27H,9-14H2;1H,(H,2,3)/t16-,20-;/m0./s1. The molecule has 160 valence electrons. The van der Waals surface area contributed by atoms with Gasteiger partial charge in [-0.3, -0.25) is 9.69 Å². The summed E-state index contributed by atoms with van der Waals surface area (Å²) in [6, 6.07) is 16.0. The van der Waals surface area contributed by atoms with Crippen molar-refractivity contribution in [2.24, 2.45) is 5.92 Å². The van der Waals surface area contributed by atoms with Crippen LogP contribution in [-0.4, -0.2) is 62.0 Å². The minimum absolute atomic E-state index is 0.00764. The molecule has 30 heavy (non-hydrogen) atoms. The lowest BCUT2D eigenvalue weighted by atomic mass is 9.95. The van der Waals surface area contributed by atoms with Gasteiger partial charge in [-0.2, -0.15) is 0 Å². The fraction of sp³-hybridized carbons (Fsp3) is 0.364. The molecule has 8 heteroatoms. The molecule has 1 saturated heterocycles. The zero-order valence-electron chi connectivity index (χ0n) is 16.6. The van der Waals surface area contributed by atoms with Gasteiger partial charge >= 0.3 is 0 Å². The van der Waals surface area contributed by atoms with E-state index in [1.54, 1.807) is 0 Å². The summed E-state index contributed by atoms with van der Waals surface area (Å²) in [5.41, 5.74) is 3.12. The van der Waals surface area contributed by atoms with Gasteiger partial charge in [0.2, 0.25) is 0 Å².